The number of para-hydroxylation sites is 1. The first-order chi connectivity index (χ1) is 22.4. The number of methoxy groups -OCH3 is 7. The minimum absolute atomic E-state index is 0.266. The van der Waals surface area contributed by atoms with Crippen LogP contribution in [0, 0.1) is 0 Å². The highest BCUT2D eigenvalue weighted by molar-refractivity contribution is 5.98. The summed E-state index contributed by atoms with van der Waals surface area (Å²) in [6, 6.07) is 19.9. The van der Waals surface area contributed by atoms with Gasteiger partial charge in [0.1, 0.15) is 5.75 Å². The Morgan fingerprint density at radius 2 is 1.04 bits per heavy atom. The molecule has 1 amide bonds. The lowest BCUT2D eigenvalue weighted by atomic mass is 10.0. The standard InChI is InChI=1S/C35H35N3O8/c1-40-26-11-9-8-10-21(26)19-36-35(39)20-12-13-24-25(14-20)38-32(23-17-29(43-4)34(46-7)30(18-23)44-5)31(37-24)22-15-27(41-2)33(45-6)28(16-22)42-3/h8-18H,19H2,1-7H3,(H,36,39). The van der Waals surface area contributed by atoms with Crippen LogP contribution in [0.5, 0.6) is 40.2 Å². The number of fused-ring (bicyclic) bond motifs is 1. The molecule has 238 valence electrons. The van der Waals surface area contributed by atoms with Crippen LogP contribution < -0.4 is 38.5 Å². The SMILES string of the molecule is COc1ccccc1CNC(=O)c1ccc2nc(-c3cc(OC)c(OC)c(OC)c3)c(-c3cc(OC)c(OC)c(OC)c3)nc2c1. The minimum atomic E-state index is -0.266. The van der Waals surface area contributed by atoms with Crippen LogP contribution >= 0.6 is 0 Å². The Morgan fingerprint density at radius 3 is 1.52 bits per heavy atom. The van der Waals surface area contributed by atoms with Gasteiger partial charge in [-0.05, 0) is 48.5 Å². The topological polar surface area (TPSA) is 119 Å². The summed E-state index contributed by atoms with van der Waals surface area (Å²) >= 11 is 0. The fourth-order valence-electron chi connectivity index (χ4n) is 5.16. The van der Waals surface area contributed by atoms with Gasteiger partial charge in [-0.25, -0.2) is 9.97 Å². The van der Waals surface area contributed by atoms with Crippen LogP contribution in [0.1, 0.15) is 15.9 Å². The molecule has 0 atom stereocenters. The molecule has 0 fully saturated rings. The van der Waals surface area contributed by atoms with Gasteiger partial charge in [-0.3, -0.25) is 4.79 Å². The van der Waals surface area contributed by atoms with Crippen molar-refractivity contribution in [2.24, 2.45) is 0 Å². The smallest absolute Gasteiger partial charge is 0.251 e. The van der Waals surface area contributed by atoms with Gasteiger partial charge < -0.3 is 38.5 Å². The van der Waals surface area contributed by atoms with E-state index in [1.165, 1.54) is 7.11 Å². The fourth-order valence-corrected chi connectivity index (χ4v) is 5.16. The maximum atomic E-state index is 13.3. The van der Waals surface area contributed by atoms with Gasteiger partial charge in [0.25, 0.3) is 5.91 Å². The molecule has 11 heteroatoms. The van der Waals surface area contributed by atoms with Crippen LogP contribution in [0.3, 0.4) is 0 Å². The monoisotopic (exact) mass is 625 g/mol. The number of ether oxygens (including phenoxy) is 7. The van der Waals surface area contributed by atoms with E-state index in [1.54, 1.807) is 85.1 Å². The van der Waals surface area contributed by atoms with Gasteiger partial charge in [0.2, 0.25) is 11.5 Å². The lowest BCUT2D eigenvalue weighted by Gasteiger charge is -2.18. The second-order valence-corrected chi connectivity index (χ2v) is 9.95. The number of amides is 1. The Kier molecular flexibility index (Phi) is 9.61. The fraction of sp³-hybridized carbons (Fsp3) is 0.229. The third kappa shape index (κ3) is 6.12. The van der Waals surface area contributed by atoms with Crippen LogP contribution in [0.15, 0.2) is 66.7 Å². The Morgan fingerprint density at radius 1 is 0.565 bits per heavy atom. The summed E-state index contributed by atoms with van der Waals surface area (Å²) in [5.74, 6) is 3.11. The lowest BCUT2D eigenvalue weighted by molar-refractivity contribution is 0.0950. The van der Waals surface area contributed by atoms with E-state index in [-0.39, 0.29) is 5.91 Å². The van der Waals surface area contributed by atoms with Crippen molar-refractivity contribution in [1.29, 1.82) is 0 Å². The molecule has 5 aromatic rings. The summed E-state index contributed by atoms with van der Waals surface area (Å²) in [6.07, 6.45) is 0. The third-order valence-corrected chi connectivity index (χ3v) is 7.43. The number of nitrogens with one attached hydrogen (secondary N) is 1. The molecule has 0 spiro atoms. The first kappa shape index (κ1) is 31.7. The number of hydrogen-bond acceptors (Lipinski definition) is 10. The molecule has 1 aromatic heterocycles. The van der Waals surface area contributed by atoms with Crippen molar-refractivity contribution in [3.8, 4) is 62.8 Å². The van der Waals surface area contributed by atoms with Crippen LogP contribution in [-0.4, -0.2) is 65.6 Å². The first-order valence-corrected chi connectivity index (χ1v) is 14.2. The molecular formula is C35H35N3O8. The lowest BCUT2D eigenvalue weighted by Crippen LogP contribution is -2.23. The average Bonchev–Trinajstić information content (AvgIpc) is 3.11. The molecule has 1 heterocycles. The molecule has 0 aliphatic heterocycles. The highest BCUT2D eigenvalue weighted by Crippen LogP contribution is 2.45. The summed E-state index contributed by atoms with van der Waals surface area (Å²) in [4.78, 5) is 23.3. The number of carbonyl (C=O) groups excluding carboxylic acids is 1. The average molecular weight is 626 g/mol. The third-order valence-electron chi connectivity index (χ3n) is 7.43. The van der Waals surface area contributed by atoms with Crippen molar-refractivity contribution in [3.63, 3.8) is 0 Å². The quantitative estimate of drug-likeness (QED) is 0.178. The molecule has 11 nitrogen and oxygen atoms in total. The Hall–Kier alpha value is -5.71. The molecule has 0 saturated carbocycles. The molecule has 0 saturated heterocycles. The van der Waals surface area contributed by atoms with Gasteiger partial charge >= 0.3 is 0 Å². The number of aromatic nitrogens is 2. The molecule has 0 bridgehead atoms. The minimum Gasteiger partial charge on any atom is -0.496 e. The number of carbonyl (C=O) groups is 1. The van der Waals surface area contributed by atoms with Crippen molar-refractivity contribution < 1.29 is 38.0 Å². The molecule has 0 unspecified atom stereocenters. The zero-order valence-corrected chi connectivity index (χ0v) is 26.7. The van der Waals surface area contributed by atoms with Crippen molar-refractivity contribution in [2.75, 3.05) is 49.8 Å². The maximum absolute atomic E-state index is 13.3. The molecule has 4 aromatic carbocycles. The number of benzene rings is 4. The van der Waals surface area contributed by atoms with Crippen LogP contribution in [0.2, 0.25) is 0 Å². The molecule has 1 N–H and O–H groups in total. The van der Waals surface area contributed by atoms with E-state index < -0.39 is 0 Å². The zero-order chi connectivity index (χ0) is 32.8. The van der Waals surface area contributed by atoms with Gasteiger partial charge in [-0.2, -0.15) is 0 Å². The van der Waals surface area contributed by atoms with Gasteiger partial charge in [-0.1, -0.05) is 18.2 Å². The number of rotatable bonds is 12. The second kappa shape index (κ2) is 13.9. The maximum Gasteiger partial charge on any atom is 0.251 e. The van der Waals surface area contributed by atoms with E-state index in [0.717, 1.165) is 5.56 Å². The Bertz CT molecular complexity index is 1840. The van der Waals surface area contributed by atoms with Crippen molar-refractivity contribution in [1.82, 2.24) is 15.3 Å². The summed E-state index contributed by atoms with van der Waals surface area (Å²) in [6.45, 7) is 0.295. The van der Waals surface area contributed by atoms with Crippen LogP contribution in [0.25, 0.3) is 33.5 Å². The van der Waals surface area contributed by atoms with E-state index in [9.17, 15) is 4.79 Å². The number of nitrogens with zero attached hydrogens (tertiary/aromatic N) is 2. The molecule has 46 heavy (non-hydrogen) atoms. The van der Waals surface area contributed by atoms with Crippen molar-refractivity contribution in [2.45, 2.75) is 6.54 Å². The first-order valence-electron chi connectivity index (χ1n) is 14.2. The molecule has 5 rings (SSSR count). The predicted octanol–water partition coefficient (Wildman–Crippen LogP) is 5.95. The predicted molar refractivity (Wildman–Crippen MR) is 174 cm³/mol. The molecule has 0 aliphatic carbocycles. The summed E-state index contributed by atoms with van der Waals surface area (Å²) in [5, 5.41) is 2.96. The molecular weight excluding hydrogens is 590 g/mol. The van der Waals surface area contributed by atoms with Crippen LogP contribution in [0.4, 0.5) is 0 Å². The molecule has 0 radical (unpaired) electrons. The van der Waals surface area contributed by atoms with Gasteiger partial charge in [0, 0.05) is 28.8 Å². The summed E-state index contributed by atoms with van der Waals surface area (Å²) in [5.41, 5.74) is 4.67. The van der Waals surface area contributed by atoms with E-state index in [2.05, 4.69) is 5.32 Å². The van der Waals surface area contributed by atoms with Gasteiger partial charge in [0.05, 0.1) is 72.2 Å². The normalized spacial score (nSPS) is 10.7. The van der Waals surface area contributed by atoms with Crippen molar-refractivity contribution >= 4 is 16.9 Å². The largest absolute Gasteiger partial charge is 0.496 e. The van der Waals surface area contributed by atoms with Gasteiger partial charge in [0.15, 0.2) is 23.0 Å². The highest BCUT2D eigenvalue weighted by Gasteiger charge is 2.22. The molecule has 0 aliphatic rings. The highest BCUT2D eigenvalue weighted by atomic mass is 16.5. The van der Waals surface area contributed by atoms with E-state index in [4.69, 9.17) is 43.1 Å². The Balaban J connectivity index is 1.67. The zero-order valence-electron chi connectivity index (χ0n) is 26.7. The van der Waals surface area contributed by atoms with E-state index >= 15 is 0 Å². The Labute approximate surface area is 267 Å². The van der Waals surface area contributed by atoms with E-state index in [1.807, 2.05) is 24.3 Å². The van der Waals surface area contributed by atoms with E-state index in [0.29, 0.717) is 85.9 Å². The number of hydrogen-bond donors (Lipinski definition) is 1. The summed E-state index contributed by atoms with van der Waals surface area (Å²) < 4.78 is 39.0. The summed E-state index contributed by atoms with van der Waals surface area (Å²) in [7, 11) is 10.9. The second-order valence-electron chi connectivity index (χ2n) is 9.95. The van der Waals surface area contributed by atoms with Crippen LogP contribution in [-0.2, 0) is 6.54 Å². The van der Waals surface area contributed by atoms with Crippen molar-refractivity contribution in [3.05, 3.63) is 77.9 Å². The van der Waals surface area contributed by atoms with Gasteiger partial charge in [-0.15, -0.1) is 0 Å².